The van der Waals surface area contributed by atoms with E-state index in [-0.39, 0.29) is 5.82 Å². The molecule has 1 aliphatic rings. The molecule has 1 heterocycles. The van der Waals surface area contributed by atoms with Crippen LogP contribution in [0.4, 0.5) is 4.39 Å². The van der Waals surface area contributed by atoms with E-state index in [9.17, 15) is 8.60 Å². The van der Waals surface area contributed by atoms with Crippen molar-refractivity contribution in [2.45, 2.75) is 9.79 Å². The monoisotopic (exact) mass is 218 g/mol. The van der Waals surface area contributed by atoms with Gasteiger partial charge in [-0.3, -0.25) is 0 Å². The number of rotatable bonds is 0. The summed E-state index contributed by atoms with van der Waals surface area (Å²) in [6, 6.07) is 12.2. The van der Waals surface area contributed by atoms with Gasteiger partial charge in [0, 0.05) is 5.56 Å². The normalized spacial score (nSPS) is 17.3. The Kier molecular flexibility index (Phi) is 1.76. The van der Waals surface area contributed by atoms with Crippen LogP contribution in [-0.2, 0) is 10.8 Å². The Morgan fingerprint density at radius 3 is 2.53 bits per heavy atom. The van der Waals surface area contributed by atoms with Crippen LogP contribution in [-0.4, -0.2) is 4.21 Å². The van der Waals surface area contributed by atoms with Crippen LogP contribution in [0.2, 0.25) is 0 Å². The molecule has 0 saturated carbocycles. The SMILES string of the molecule is O=S1c2ccccc2-c2cccc(F)c21. The van der Waals surface area contributed by atoms with Gasteiger partial charge in [0.1, 0.15) is 5.82 Å². The van der Waals surface area contributed by atoms with Crippen LogP contribution < -0.4 is 0 Å². The average molecular weight is 218 g/mol. The Hall–Kier alpha value is -1.48. The second-order valence-electron chi connectivity index (χ2n) is 3.38. The summed E-state index contributed by atoms with van der Waals surface area (Å²) in [4.78, 5) is 1.02. The number of hydrogen-bond donors (Lipinski definition) is 0. The highest BCUT2D eigenvalue weighted by Gasteiger charge is 2.27. The first-order valence-corrected chi connectivity index (χ1v) is 5.74. The molecule has 2 aromatic carbocycles. The van der Waals surface area contributed by atoms with E-state index in [1.165, 1.54) is 6.07 Å². The van der Waals surface area contributed by atoms with Crippen LogP contribution in [0, 0.1) is 5.82 Å². The summed E-state index contributed by atoms with van der Waals surface area (Å²) in [6.45, 7) is 0. The van der Waals surface area contributed by atoms with E-state index in [1.807, 2.05) is 24.3 Å². The van der Waals surface area contributed by atoms with E-state index in [2.05, 4.69) is 0 Å². The number of hydrogen-bond acceptors (Lipinski definition) is 1. The fourth-order valence-electron chi connectivity index (χ4n) is 1.87. The zero-order valence-corrected chi connectivity index (χ0v) is 8.55. The van der Waals surface area contributed by atoms with Crippen molar-refractivity contribution >= 4 is 10.8 Å². The molecule has 0 radical (unpaired) electrons. The van der Waals surface area contributed by atoms with Gasteiger partial charge in [0.15, 0.2) is 0 Å². The van der Waals surface area contributed by atoms with Gasteiger partial charge in [-0.2, -0.15) is 0 Å². The van der Waals surface area contributed by atoms with Crippen LogP contribution in [0.25, 0.3) is 11.1 Å². The minimum absolute atomic E-state index is 0.318. The molecule has 0 aromatic heterocycles. The van der Waals surface area contributed by atoms with Gasteiger partial charge in [-0.1, -0.05) is 30.3 Å². The van der Waals surface area contributed by atoms with Gasteiger partial charge in [0.25, 0.3) is 0 Å². The zero-order valence-electron chi connectivity index (χ0n) is 7.74. The van der Waals surface area contributed by atoms with Gasteiger partial charge in [-0.05, 0) is 17.7 Å². The summed E-state index contributed by atoms with van der Waals surface area (Å²) in [7, 11) is -1.36. The first-order valence-electron chi connectivity index (χ1n) is 4.59. The largest absolute Gasteiger partial charge is 0.249 e. The van der Waals surface area contributed by atoms with Crippen molar-refractivity contribution in [3.05, 3.63) is 48.3 Å². The van der Waals surface area contributed by atoms with Crippen LogP contribution in [0.1, 0.15) is 0 Å². The van der Waals surface area contributed by atoms with Crippen molar-refractivity contribution in [3.8, 4) is 11.1 Å². The Balaban J connectivity index is 2.43. The third-order valence-electron chi connectivity index (χ3n) is 2.53. The molecule has 0 N–H and O–H groups in total. The van der Waals surface area contributed by atoms with Crippen molar-refractivity contribution in [2.24, 2.45) is 0 Å². The standard InChI is InChI=1S/C12H7FOS/c13-10-6-3-5-9-8-4-1-2-7-11(8)15(14)12(9)10/h1-7H. The minimum Gasteiger partial charge on any atom is -0.249 e. The first-order chi connectivity index (χ1) is 7.29. The predicted molar refractivity (Wildman–Crippen MR) is 56.5 cm³/mol. The lowest BCUT2D eigenvalue weighted by Gasteiger charge is -1.98. The maximum Gasteiger partial charge on any atom is 0.140 e. The van der Waals surface area contributed by atoms with Gasteiger partial charge in [0.05, 0.1) is 20.6 Å². The number of benzene rings is 2. The average Bonchev–Trinajstić information content (AvgIpc) is 2.55. The van der Waals surface area contributed by atoms with Gasteiger partial charge in [-0.15, -0.1) is 0 Å². The molecule has 2 aromatic rings. The maximum atomic E-state index is 13.5. The lowest BCUT2D eigenvalue weighted by Crippen LogP contribution is -1.89. The molecule has 1 atom stereocenters. The van der Waals surface area contributed by atoms with Crippen LogP contribution in [0.3, 0.4) is 0 Å². The Morgan fingerprint density at radius 2 is 1.67 bits per heavy atom. The van der Waals surface area contributed by atoms with Gasteiger partial charge < -0.3 is 0 Å². The van der Waals surface area contributed by atoms with E-state index in [0.29, 0.717) is 9.79 Å². The molecule has 0 saturated heterocycles. The molecule has 0 spiro atoms. The van der Waals surface area contributed by atoms with Crippen LogP contribution >= 0.6 is 0 Å². The molecule has 3 rings (SSSR count). The fraction of sp³-hybridized carbons (Fsp3) is 0. The molecule has 1 aliphatic heterocycles. The third-order valence-corrected chi connectivity index (χ3v) is 4.07. The molecule has 3 heteroatoms. The number of halogens is 1. The quantitative estimate of drug-likeness (QED) is 0.567. The molecular weight excluding hydrogens is 211 g/mol. The van der Waals surface area contributed by atoms with Gasteiger partial charge in [-0.25, -0.2) is 8.60 Å². The third kappa shape index (κ3) is 1.10. The fourth-order valence-corrected chi connectivity index (χ4v) is 3.29. The maximum absolute atomic E-state index is 13.5. The Bertz CT molecular complexity index is 578. The molecule has 1 nitrogen and oxygen atoms in total. The topological polar surface area (TPSA) is 17.1 Å². The molecule has 0 aliphatic carbocycles. The van der Waals surface area contributed by atoms with Crippen molar-refractivity contribution in [1.82, 2.24) is 0 Å². The predicted octanol–water partition coefficient (Wildman–Crippen LogP) is 2.97. The summed E-state index contributed by atoms with van der Waals surface area (Å²) >= 11 is 0. The lowest BCUT2D eigenvalue weighted by atomic mass is 10.1. The summed E-state index contributed by atoms with van der Waals surface area (Å²) in [5.41, 5.74) is 1.63. The zero-order chi connectivity index (χ0) is 10.4. The van der Waals surface area contributed by atoms with Crippen LogP contribution in [0.15, 0.2) is 52.3 Å². The minimum atomic E-state index is -1.36. The lowest BCUT2D eigenvalue weighted by molar-refractivity contribution is 0.598. The van der Waals surface area contributed by atoms with Crippen LogP contribution in [0.5, 0.6) is 0 Å². The molecule has 0 fully saturated rings. The number of fused-ring (bicyclic) bond motifs is 3. The summed E-state index contributed by atoms with van der Waals surface area (Å²) < 4.78 is 25.5. The van der Waals surface area contributed by atoms with E-state index in [1.54, 1.807) is 12.1 Å². The van der Waals surface area contributed by atoms with E-state index in [4.69, 9.17) is 0 Å². The Morgan fingerprint density at radius 1 is 0.933 bits per heavy atom. The molecule has 74 valence electrons. The molecular formula is C12H7FOS. The van der Waals surface area contributed by atoms with Crippen molar-refractivity contribution in [2.75, 3.05) is 0 Å². The highest BCUT2D eigenvalue weighted by atomic mass is 32.2. The second kappa shape index (κ2) is 3.00. The Labute approximate surface area is 89.0 Å². The second-order valence-corrected chi connectivity index (χ2v) is 4.77. The highest BCUT2D eigenvalue weighted by molar-refractivity contribution is 7.85. The van der Waals surface area contributed by atoms with E-state index in [0.717, 1.165) is 11.1 Å². The molecule has 15 heavy (non-hydrogen) atoms. The summed E-state index contributed by atoms with van der Waals surface area (Å²) in [5, 5.41) is 0. The smallest absolute Gasteiger partial charge is 0.140 e. The summed E-state index contributed by atoms with van der Waals surface area (Å²) in [6.07, 6.45) is 0. The van der Waals surface area contributed by atoms with Gasteiger partial charge >= 0.3 is 0 Å². The molecule has 0 amide bonds. The first kappa shape index (κ1) is 8.80. The van der Waals surface area contributed by atoms with Crippen molar-refractivity contribution in [3.63, 3.8) is 0 Å². The highest BCUT2D eigenvalue weighted by Crippen LogP contribution is 2.41. The summed E-state index contributed by atoms with van der Waals surface area (Å²) in [5.74, 6) is -0.387. The van der Waals surface area contributed by atoms with Gasteiger partial charge in [0.2, 0.25) is 0 Å². The molecule has 0 bridgehead atoms. The van der Waals surface area contributed by atoms with Crippen molar-refractivity contribution < 1.29 is 8.60 Å². The van der Waals surface area contributed by atoms with E-state index < -0.39 is 10.8 Å². The van der Waals surface area contributed by atoms with Crippen molar-refractivity contribution in [1.29, 1.82) is 0 Å². The molecule has 1 unspecified atom stereocenters. The van der Waals surface area contributed by atoms with E-state index >= 15 is 0 Å².